The van der Waals surface area contributed by atoms with Gasteiger partial charge in [0.05, 0.1) is 0 Å². The Labute approximate surface area is 129 Å². The molecule has 0 fully saturated rings. The minimum atomic E-state index is -0.507. The standard InChI is InChI=1S/C18H18N2O2/c1-12-5-4-6-13(9-12)11-19-18(22)16-10-14-7-2-3-8-15(14)17(21)20-16/h2-9,16H,10-11H2,1H3,(H,19,22)(H,20,21). The molecule has 1 heterocycles. The van der Waals surface area contributed by atoms with Crippen LogP contribution in [-0.4, -0.2) is 17.9 Å². The van der Waals surface area contributed by atoms with Gasteiger partial charge in [-0.2, -0.15) is 0 Å². The minimum absolute atomic E-state index is 0.149. The zero-order valence-electron chi connectivity index (χ0n) is 12.4. The Balaban J connectivity index is 1.65. The zero-order valence-corrected chi connectivity index (χ0v) is 12.4. The highest BCUT2D eigenvalue weighted by Gasteiger charge is 2.28. The fraction of sp³-hybridized carbons (Fsp3) is 0.222. The van der Waals surface area contributed by atoms with Crippen LogP contribution in [0.4, 0.5) is 0 Å². The lowest BCUT2D eigenvalue weighted by molar-refractivity contribution is -0.123. The van der Waals surface area contributed by atoms with Crippen molar-refractivity contribution in [3.8, 4) is 0 Å². The van der Waals surface area contributed by atoms with E-state index in [0.29, 0.717) is 18.5 Å². The van der Waals surface area contributed by atoms with E-state index in [4.69, 9.17) is 0 Å². The van der Waals surface area contributed by atoms with Crippen LogP contribution < -0.4 is 10.6 Å². The molecule has 2 amide bonds. The van der Waals surface area contributed by atoms with Crippen molar-refractivity contribution in [2.45, 2.75) is 25.9 Å². The Morgan fingerprint density at radius 3 is 2.86 bits per heavy atom. The molecule has 1 aliphatic heterocycles. The van der Waals surface area contributed by atoms with E-state index in [1.165, 1.54) is 0 Å². The molecule has 2 aromatic rings. The average Bonchev–Trinajstić information content (AvgIpc) is 2.52. The largest absolute Gasteiger partial charge is 0.350 e. The van der Waals surface area contributed by atoms with Crippen LogP contribution in [0.1, 0.15) is 27.0 Å². The molecule has 0 saturated carbocycles. The number of nitrogens with one attached hydrogen (secondary N) is 2. The first-order chi connectivity index (χ1) is 10.6. The average molecular weight is 294 g/mol. The fourth-order valence-corrected chi connectivity index (χ4v) is 2.72. The van der Waals surface area contributed by atoms with Gasteiger partial charge in [0.2, 0.25) is 5.91 Å². The van der Waals surface area contributed by atoms with Gasteiger partial charge in [-0.15, -0.1) is 0 Å². The van der Waals surface area contributed by atoms with Crippen LogP contribution >= 0.6 is 0 Å². The highest BCUT2D eigenvalue weighted by Crippen LogP contribution is 2.16. The summed E-state index contributed by atoms with van der Waals surface area (Å²) in [5.74, 6) is -0.332. The summed E-state index contributed by atoms with van der Waals surface area (Å²) in [5.41, 5.74) is 3.79. The molecule has 0 aliphatic carbocycles. The number of rotatable bonds is 3. The van der Waals surface area contributed by atoms with Crippen LogP contribution in [0.3, 0.4) is 0 Å². The fourth-order valence-electron chi connectivity index (χ4n) is 2.72. The van der Waals surface area contributed by atoms with Crippen LogP contribution in [0.25, 0.3) is 0 Å². The van der Waals surface area contributed by atoms with E-state index in [1.807, 2.05) is 49.4 Å². The Bertz CT molecular complexity index is 725. The number of fused-ring (bicyclic) bond motifs is 1. The van der Waals surface area contributed by atoms with Gasteiger partial charge in [-0.05, 0) is 24.1 Å². The minimum Gasteiger partial charge on any atom is -0.350 e. The van der Waals surface area contributed by atoms with E-state index in [9.17, 15) is 9.59 Å². The van der Waals surface area contributed by atoms with Gasteiger partial charge in [0, 0.05) is 18.5 Å². The molecule has 0 radical (unpaired) electrons. The molecule has 3 rings (SSSR count). The van der Waals surface area contributed by atoms with Crippen molar-refractivity contribution >= 4 is 11.8 Å². The summed E-state index contributed by atoms with van der Waals surface area (Å²) in [6, 6.07) is 14.9. The van der Waals surface area contributed by atoms with Gasteiger partial charge in [0.15, 0.2) is 0 Å². The number of carbonyl (C=O) groups is 2. The smallest absolute Gasteiger partial charge is 0.252 e. The van der Waals surface area contributed by atoms with Crippen molar-refractivity contribution in [1.82, 2.24) is 10.6 Å². The zero-order chi connectivity index (χ0) is 15.5. The molecule has 4 nitrogen and oxygen atoms in total. The van der Waals surface area contributed by atoms with E-state index in [0.717, 1.165) is 16.7 Å². The second-order valence-electron chi connectivity index (χ2n) is 5.59. The van der Waals surface area contributed by atoms with Crippen LogP contribution in [0.5, 0.6) is 0 Å². The topological polar surface area (TPSA) is 58.2 Å². The summed E-state index contributed by atoms with van der Waals surface area (Å²) in [6.45, 7) is 2.48. The molecule has 0 spiro atoms. The number of amides is 2. The predicted molar refractivity (Wildman–Crippen MR) is 84.4 cm³/mol. The summed E-state index contributed by atoms with van der Waals surface area (Å²) in [5, 5.41) is 5.66. The molecule has 0 bridgehead atoms. The summed E-state index contributed by atoms with van der Waals surface area (Å²) in [4.78, 5) is 24.3. The molecule has 0 saturated heterocycles. The quantitative estimate of drug-likeness (QED) is 0.909. The second-order valence-corrected chi connectivity index (χ2v) is 5.59. The molecule has 2 N–H and O–H groups in total. The highest BCUT2D eigenvalue weighted by atomic mass is 16.2. The SMILES string of the molecule is Cc1cccc(CNC(=O)C2Cc3ccccc3C(=O)N2)c1. The van der Waals surface area contributed by atoms with Crippen molar-refractivity contribution in [2.24, 2.45) is 0 Å². The summed E-state index contributed by atoms with van der Waals surface area (Å²) >= 11 is 0. The normalized spacial score (nSPS) is 16.6. The molecular weight excluding hydrogens is 276 g/mol. The van der Waals surface area contributed by atoms with E-state index < -0.39 is 6.04 Å². The van der Waals surface area contributed by atoms with Gasteiger partial charge < -0.3 is 10.6 Å². The van der Waals surface area contributed by atoms with Gasteiger partial charge in [-0.25, -0.2) is 0 Å². The maximum Gasteiger partial charge on any atom is 0.252 e. The molecule has 1 atom stereocenters. The Morgan fingerprint density at radius 2 is 2.05 bits per heavy atom. The summed E-state index contributed by atoms with van der Waals surface area (Å²) in [6.07, 6.45) is 0.529. The van der Waals surface area contributed by atoms with Crippen LogP contribution in [-0.2, 0) is 17.8 Å². The van der Waals surface area contributed by atoms with Gasteiger partial charge >= 0.3 is 0 Å². The third-order valence-corrected chi connectivity index (χ3v) is 3.86. The highest BCUT2D eigenvalue weighted by molar-refractivity contribution is 6.00. The van der Waals surface area contributed by atoms with Gasteiger partial charge in [-0.1, -0.05) is 48.0 Å². The maximum atomic E-state index is 12.3. The van der Waals surface area contributed by atoms with Crippen molar-refractivity contribution < 1.29 is 9.59 Å². The number of benzene rings is 2. The van der Waals surface area contributed by atoms with Crippen molar-refractivity contribution in [3.63, 3.8) is 0 Å². The second kappa shape index (κ2) is 6.02. The van der Waals surface area contributed by atoms with E-state index in [2.05, 4.69) is 10.6 Å². The number of hydrogen-bond acceptors (Lipinski definition) is 2. The Hall–Kier alpha value is -2.62. The predicted octanol–water partition coefficient (Wildman–Crippen LogP) is 1.97. The molecule has 1 aliphatic rings. The molecule has 1 unspecified atom stereocenters. The monoisotopic (exact) mass is 294 g/mol. The third-order valence-electron chi connectivity index (χ3n) is 3.86. The number of aryl methyl sites for hydroxylation is 1. The molecule has 4 heteroatoms. The lowest BCUT2D eigenvalue weighted by Gasteiger charge is -2.24. The molecule has 22 heavy (non-hydrogen) atoms. The van der Waals surface area contributed by atoms with Crippen LogP contribution in [0.15, 0.2) is 48.5 Å². The van der Waals surface area contributed by atoms with E-state index in [-0.39, 0.29) is 11.8 Å². The van der Waals surface area contributed by atoms with Crippen molar-refractivity contribution in [1.29, 1.82) is 0 Å². The summed E-state index contributed by atoms with van der Waals surface area (Å²) < 4.78 is 0. The molecular formula is C18H18N2O2. The first kappa shape index (κ1) is 14.3. The van der Waals surface area contributed by atoms with E-state index in [1.54, 1.807) is 6.07 Å². The van der Waals surface area contributed by atoms with Crippen LogP contribution in [0, 0.1) is 6.92 Å². The van der Waals surface area contributed by atoms with Crippen molar-refractivity contribution in [3.05, 3.63) is 70.8 Å². The van der Waals surface area contributed by atoms with Gasteiger partial charge in [0.1, 0.15) is 6.04 Å². The maximum absolute atomic E-state index is 12.3. The van der Waals surface area contributed by atoms with Crippen LogP contribution in [0.2, 0.25) is 0 Å². The van der Waals surface area contributed by atoms with Gasteiger partial charge in [-0.3, -0.25) is 9.59 Å². The molecule has 112 valence electrons. The number of carbonyl (C=O) groups excluding carboxylic acids is 2. The first-order valence-corrected chi connectivity index (χ1v) is 7.35. The third kappa shape index (κ3) is 3.01. The summed E-state index contributed by atoms with van der Waals surface area (Å²) in [7, 11) is 0. The van der Waals surface area contributed by atoms with E-state index >= 15 is 0 Å². The Kier molecular flexibility index (Phi) is 3.92. The van der Waals surface area contributed by atoms with Gasteiger partial charge in [0.25, 0.3) is 5.91 Å². The first-order valence-electron chi connectivity index (χ1n) is 7.35. The lowest BCUT2D eigenvalue weighted by Crippen LogP contribution is -2.50. The lowest BCUT2D eigenvalue weighted by atomic mass is 9.95. The number of hydrogen-bond donors (Lipinski definition) is 2. The molecule has 0 aromatic heterocycles. The molecule has 2 aromatic carbocycles. The Morgan fingerprint density at radius 1 is 1.23 bits per heavy atom. The van der Waals surface area contributed by atoms with Crippen molar-refractivity contribution in [2.75, 3.05) is 0 Å².